The van der Waals surface area contributed by atoms with Crippen molar-refractivity contribution in [3.05, 3.63) is 54.6 Å². The Morgan fingerprint density at radius 1 is 1.18 bits per heavy atom. The van der Waals surface area contributed by atoms with E-state index in [2.05, 4.69) is 6.58 Å². The Hall–Kier alpha value is -1.80. The van der Waals surface area contributed by atoms with Crippen LogP contribution in [-0.2, 0) is 6.61 Å². The van der Waals surface area contributed by atoms with E-state index in [1.54, 1.807) is 0 Å². The highest BCUT2D eigenvalue weighted by molar-refractivity contribution is 5.87. The van der Waals surface area contributed by atoms with E-state index in [0.717, 1.165) is 28.5 Å². The maximum atomic E-state index is 9.47. The van der Waals surface area contributed by atoms with Crippen LogP contribution in [0, 0.1) is 0 Å². The second-order valence-electron chi connectivity index (χ2n) is 3.85. The number of fused-ring (bicyclic) bond motifs is 1. The number of aliphatic hydroxyl groups excluding tert-OH is 1. The summed E-state index contributed by atoms with van der Waals surface area (Å²) in [5.41, 5.74) is 0.854. The van der Waals surface area contributed by atoms with Crippen molar-refractivity contribution in [3.63, 3.8) is 0 Å². The molecule has 0 spiro atoms. The van der Waals surface area contributed by atoms with Gasteiger partial charge in [-0.3, -0.25) is 0 Å². The summed E-state index contributed by atoms with van der Waals surface area (Å²) in [5.74, 6) is 0.757. The van der Waals surface area contributed by atoms with Crippen molar-refractivity contribution < 1.29 is 9.84 Å². The van der Waals surface area contributed by atoms with E-state index in [9.17, 15) is 5.11 Å². The molecule has 0 aromatic heterocycles. The number of ether oxygens (including phenoxy) is 1. The average molecular weight is 228 g/mol. The van der Waals surface area contributed by atoms with Gasteiger partial charge in [-0.05, 0) is 23.3 Å². The van der Waals surface area contributed by atoms with E-state index in [1.165, 1.54) is 0 Å². The van der Waals surface area contributed by atoms with E-state index in [1.807, 2.05) is 42.5 Å². The number of benzene rings is 2. The zero-order valence-corrected chi connectivity index (χ0v) is 9.73. The van der Waals surface area contributed by atoms with Gasteiger partial charge in [0.2, 0.25) is 0 Å². The molecule has 1 N–H and O–H groups in total. The molecule has 0 saturated heterocycles. The van der Waals surface area contributed by atoms with Gasteiger partial charge in [-0.25, -0.2) is 0 Å². The molecule has 0 saturated carbocycles. The Kier molecular flexibility index (Phi) is 3.78. The van der Waals surface area contributed by atoms with Gasteiger partial charge in [0, 0.05) is 5.56 Å². The summed E-state index contributed by atoms with van der Waals surface area (Å²) in [6.07, 6.45) is 2.62. The lowest BCUT2D eigenvalue weighted by Crippen LogP contribution is -1.99. The third-order valence-electron chi connectivity index (χ3n) is 2.74. The molecule has 17 heavy (non-hydrogen) atoms. The van der Waals surface area contributed by atoms with Crippen molar-refractivity contribution in [3.8, 4) is 5.75 Å². The van der Waals surface area contributed by atoms with Crippen molar-refractivity contribution in [1.29, 1.82) is 0 Å². The Morgan fingerprint density at radius 3 is 2.76 bits per heavy atom. The summed E-state index contributed by atoms with van der Waals surface area (Å²) in [5, 5.41) is 11.6. The monoisotopic (exact) mass is 228 g/mol. The molecule has 2 aromatic carbocycles. The van der Waals surface area contributed by atoms with Crippen LogP contribution in [0.3, 0.4) is 0 Å². The highest BCUT2D eigenvalue weighted by atomic mass is 16.5. The van der Waals surface area contributed by atoms with Crippen molar-refractivity contribution in [1.82, 2.24) is 0 Å². The highest BCUT2D eigenvalue weighted by Crippen LogP contribution is 2.28. The van der Waals surface area contributed by atoms with Gasteiger partial charge < -0.3 is 9.84 Å². The third kappa shape index (κ3) is 2.48. The fourth-order valence-corrected chi connectivity index (χ4v) is 1.87. The quantitative estimate of drug-likeness (QED) is 0.628. The van der Waals surface area contributed by atoms with E-state index in [4.69, 9.17) is 4.74 Å². The molecule has 0 unspecified atom stereocenters. The molecular weight excluding hydrogens is 212 g/mol. The molecule has 88 valence electrons. The Labute approximate surface area is 101 Å². The Morgan fingerprint density at radius 2 is 2.00 bits per heavy atom. The summed E-state index contributed by atoms with van der Waals surface area (Å²) in [4.78, 5) is 0. The zero-order chi connectivity index (χ0) is 12.1. The number of hydrogen-bond donors (Lipinski definition) is 1. The molecule has 0 atom stereocenters. The van der Waals surface area contributed by atoms with Gasteiger partial charge in [-0.1, -0.05) is 36.4 Å². The average Bonchev–Trinajstić information content (AvgIpc) is 2.38. The molecule has 0 heterocycles. The SMILES string of the molecule is C=CCCOc1ccc2ccccc2c1CO. The van der Waals surface area contributed by atoms with Crippen LogP contribution in [-0.4, -0.2) is 11.7 Å². The van der Waals surface area contributed by atoms with E-state index < -0.39 is 0 Å². The Balaban J connectivity index is 2.38. The molecule has 0 radical (unpaired) electrons. The molecule has 2 rings (SSSR count). The van der Waals surface area contributed by atoms with Gasteiger partial charge in [0.25, 0.3) is 0 Å². The lowest BCUT2D eigenvalue weighted by molar-refractivity contribution is 0.266. The van der Waals surface area contributed by atoms with Gasteiger partial charge >= 0.3 is 0 Å². The fourth-order valence-electron chi connectivity index (χ4n) is 1.87. The molecule has 2 nitrogen and oxygen atoms in total. The van der Waals surface area contributed by atoms with E-state index in [0.29, 0.717) is 6.61 Å². The zero-order valence-electron chi connectivity index (χ0n) is 9.73. The van der Waals surface area contributed by atoms with Gasteiger partial charge in [0.1, 0.15) is 5.75 Å². The summed E-state index contributed by atoms with van der Waals surface area (Å²) in [7, 11) is 0. The van der Waals surface area contributed by atoms with E-state index in [-0.39, 0.29) is 6.61 Å². The second-order valence-corrected chi connectivity index (χ2v) is 3.85. The predicted molar refractivity (Wildman–Crippen MR) is 70.2 cm³/mol. The molecule has 2 aromatic rings. The van der Waals surface area contributed by atoms with Crippen LogP contribution in [0.4, 0.5) is 0 Å². The van der Waals surface area contributed by atoms with Crippen LogP contribution in [0.15, 0.2) is 49.1 Å². The molecule has 2 heteroatoms. The molecule has 0 amide bonds. The van der Waals surface area contributed by atoms with Crippen molar-refractivity contribution >= 4 is 10.8 Å². The first-order valence-electron chi connectivity index (χ1n) is 5.72. The summed E-state index contributed by atoms with van der Waals surface area (Å²) in [6, 6.07) is 11.9. The smallest absolute Gasteiger partial charge is 0.125 e. The molecule has 0 bridgehead atoms. The number of hydrogen-bond acceptors (Lipinski definition) is 2. The molecule has 0 fully saturated rings. The van der Waals surface area contributed by atoms with Gasteiger partial charge in [0.15, 0.2) is 0 Å². The van der Waals surface area contributed by atoms with Crippen molar-refractivity contribution in [2.24, 2.45) is 0 Å². The minimum absolute atomic E-state index is 0.00915. The summed E-state index contributed by atoms with van der Waals surface area (Å²) >= 11 is 0. The number of rotatable bonds is 5. The lowest BCUT2D eigenvalue weighted by Gasteiger charge is -2.12. The first kappa shape index (κ1) is 11.7. The minimum atomic E-state index is -0.00915. The fraction of sp³-hybridized carbons (Fsp3) is 0.200. The van der Waals surface area contributed by atoms with Crippen LogP contribution in [0.25, 0.3) is 10.8 Å². The van der Waals surface area contributed by atoms with Crippen LogP contribution < -0.4 is 4.74 Å². The maximum absolute atomic E-state index is 9.47. The number of aliphatic hydroxyl groups is 1. The largest absolute Gasteiger partial charge is 0.493 e. The van der Waals surface area contributed by atoms with Gasteiger partial charge in [0.05, 0.1) is 13.2 Å². The second kappa shape index (κ2) is 5.51. The van der Waals surface area contributed by atoms with Crippen LogP contribution in [0.1, 0.15) is 12.0 Å². The normalized spacial score (nSPS) is 10.4. The van der Waals surface area contributed by atoms with Crippen LogP contribution in [0.2, 0.25) is 0 Å². The summed E-state index contributed by atoms with van der Waals surface area (Å²) in [6.45, 7) is 4.24. The van der Waals surface area contributed by atoms with Crippen molar-refractivity contribution in [2.45, 2.75) is 13.0 Å². The predicted octanol–water partition coefficient (Wildman–Crippen LogP) is 3.29. The standard InChI is InChI=1S/C15H16O2/c1-2-3-10-17-15-9-8-12-6-4-5-7-13(12)14(15)11-16/h2,4-9,16H,1,3,10-11H2. The van der Waals surface area contributed by atoms with Gasteiger partial charge in [-0.15, -0.1) is 6.58 Å². The molecule has 0 aliphatic rings. The summed E-state index contributed by atoms with van der Waals surface area (Å²) < 4.78 is 5.65. The van der Waals surface area contributed by atoms with Crippen LogP contribution in [0.5, 0.6) is 5.75 Å². The minimum Gasteiger partial charge on any atom is -0.493 e. The maximum Gasteiger partial charge on any atom is 0.125 e. The molecule has 0 aliphatic carbocycles. The Bertz CT molecular complexity index is 517. The first-order chi connectivity index (χ1) is 8.36. The highest BCUT2D eigenvalue weighted by Gasteiger charge is 2.07. The molecular formula is C15H16O2. The first-order valence-corrected chi connectivity index (χ1v) is 5.72. The van der Waals surface area contributed by atoms with Crippen LogP contribution >= 0.6 is 0 Å². The van der Waals surface area contributed by atoms with Crippen molar-refractivity contribution in [2.75, 3.05) is 6.61 Å². The van der Waals surface area contributed by atoms with E-state index >= 15 is 0 Å². The molecule has 0 aliphatic heterocycles. The lowest BCUT2D eigenvalue weighted by atomic mass is 10.0. The van der Waals surface area contributed by atoms with Gasteiger partial charge in [-0.2, -0.15) is 0 Å². The third-order valence-corrected chi connectivity index (χ3v) is 2.74. The topological polar surface area (TPSA) is 29.5 Å².